The van der Waals surface area contributed by atoms with Crippen molar-refractivity contribution in [2.75, 3.05) is 31.6 Å². The van der Waals surface area contributed by atoms with Gasteiger partial charge in [0.25, 0.3) is 5.91 Å². The molecule has 0 atom stereocenters. The fraction of sp³-hybridized carbons (Fsp3) is 0.333. The molecule has 0 unspecified atom stereocenters. The van der Waals surface area contributed by atoms with Gasteiger partial charge in [0.2, 0.25) is 0 Å². The second-order valence-electron chi connectivity index (χ2n) is 4.16. The quantitative estimate of drug-likeness (QED) is 0.801. The number of carbonyl (C=O) groups is 1. The van der Waals surface area contributed by atoms with Gasteiger partial charge in [0, 0.05) is 5.56 Å². The van der Waals surface area contributed by atoms with E-state index in [1.54, 1.807) is 11.1 Å². The van der Waals surface area contributed by atoms with Crippen LogP contribution in [0, 0.1) is 5.82 Å². The lowest BCUT2D eigenvalue weighted by Crippen LogP contribution is -2.34. The van der Waals surface area contributed by atoms with Gasteiger partial charge in [-0.05, 0) is 18.2 Å². The molecule has 1 aromatic rings. The molecule has 0 aromatic heterocycles. The van der Waals surface area contributed by atoms with Gasteiger partial charge < -0.3 is 10.1 Å². The number of anilines is 1. The first-order valence-corrected chi connectivity index (χ1v) is 5.76. The van der Waals surface area contributed by atoms with Crippen molar-refractivity contribution in [1.29, 1.82) is 0 Å². The maximum absolute atomic E-state index is 13.2. The molecular formula is C12H12FN3O2. The Labute approximate surface area is 103 Å². The highest BCUT2D eigenvalue weighted by molar-refractivity contribution is 6.53. The van der Waals surface area contributed by atoms with Crippen molar-refractivity contribution >= 4 is 17.3 Å². The fourth-order valence-electron chi connectivity index (χ4n) is 2.02. The van der Waals surface area contributed by atoms with Crippen molar-refractivity contribution in [3.8, 4) is 0 Å². The van der Waals surface area contributed by atoms with Crippen LogP contribution in [0.4, 0.5) is 10.1 Å². The minimum absolute atomic E-state index is 0.270. The monoisotopic (exact) mass is 249 g/mol. The highest BCUT2D eigenvalue weighted by atomic mass is 19.1. The molecule has 18 heavy (non-hydrogen) atoms. The van der Waals surface area contributed by atoms with Crippen LogP contribution in [0.2, 0.25) is 0 Å². The number of carbonyl (C=O) groups excluding carboxylic acids is 1. The molecule has 0 bridgehead atoms. The minimum Gasteiger partial charge on any atom is -0.378 e. The maximum atomic E-state index is 13.2. The molecule has 0 aliphatic carbocycles. The van der Waals surface area contributed by atoms with Crippen molar-refractivity contribution in [2.24, 2.45) is 5.10 Å². The van der Waals surface area contributed by atoms with Gasteiger partial charge in [-0.25, -0.2) is 4.39 Å². The average Bonchev–Trinajstić information content (AvgIpc) is 2.67. The predicted molar refractivity (Wildman–Crippen MR) is 64.0 cm³/mol. The summed E-state index contributed by atoms with van der Waals surface area (Å²) in [4.78, 5) is 11.8. The topological polar surface area (TPSA) is 53.9 Å². The molecule has 1 N–H and O–H groups in total. The Kier molecular flexibility index (Phi) is 2.71. The number of nitrogens with one attached hydrogen (secondary N) is 1. The molecule has 2 heterocycles. The van der Waals surface area contributed by atoms with Crippen LogP contribution in [0.3, 0.4) is 0 Å². The molecule has 1 amide bonds. The van der Waals surface area contributed by atoms with Crippen LogP contribution >= 0.6 is 0 Å². The number of amides is 1. The van der Waals surface area contributed by atoms with Crippen molar-refractivity contribution in [3.05, 3.63) is 29.6 Å². The first kappa shape index (κ1) is 11.2. The fourth-order valence-corrected chi connectivity index (χ4v) is 2.02. The Morgan fingerprint density at radius 2 is 2.11 bits per heavy atom. The lowest BCUT2D eigenvalue weighted by Gasteiger charge is -2.24. The van der Waals surface area contributed by atoms with Crippen LogP contribution in [0.1, 0.15) is 5.56 Å². The van der Waals surface area contributed by atoms with Crippen LogP contribution in [0.25, 0.3) is 0 Å². The molecule has 0 radical (unpaired) electrons. The number of halogens is 1. The van der Waals surface area contributed by atoms with Gasteiger partial charge in [-0.3, -0.25) is 9.80 Å². The number of hydrazone groups is 1. The summed E-state index contributed by atoms with van der Waals surface area (Å²) in [5, 5.41) is 8.74. The highest BCUT2D eigenvalue weighted by Gasteiger charge is 2.27. The third-order valence-electron chi connectivity index (χ3n) is 2.93. The van der Waals surface area contributed by atoms with Gasteiger partial charge in [0.05, 0.1) is 32.0 Å². The number of ether oxygens (including phenoxy) is 1. The highest BCUT2D eigenvalue weighted by Crippen LogP contribution is 2.24. The molecule has 0 spiro atoms. The standard InChI is InChI=1S/C12H12FN3O2/c13-8-1-2-10-9(7-8)11(12(17)14-10)15-16-3-5-18-6-4-16/h1-2,7H,3-6H2,(H,14,15,17). The van der Waals surface area contributed by atoms with E-state index in [0.717, 1.165) is 0 Å². The van der Waals surface area contributed by atoms with E-state index in [-0.39, 0.29) is 17.4 Å². The molecule has 5 nitrogen and oxygen atoms in total. The molecule has 0 saturated carbocycles. The van der Waals surface area contributed by atoms with Gasteiger partial charge in [0.1, 0.15) is 5.82 Å². The number of fused-ring (bicyclic) bond motifs is 1. The predicted octanol–water partition coefficient (Wildman–Crippen LogP) is 0.814. The smallest absolute Gasteiger partial charge is 0.276 e. The number of morpholine rings is 1. The minimum atomic E-state index is -0.375. The van der Waals surface area contributed by atoms with Crippen LogP contribution in [-0.2, 0) is 9.53 Å². The Balaban J connectivity index is 1.95. The van der Waals surface area contributed by atoms with Crippen molar-refractivity contribution in [2.45, 2.75) is 0 Å². The van der Waals surface area contributed by atoms with Gasteiger partial charge >= 0.3 is 0 Å². The second-order valence-corrected chi connectivity index (χ2v) is 4.16. The van der Waals surface area contributed by atoms with Crippen molar-refractivity contribution in [1.82, 2.24) is 5.01 Å². The molecule has 1 fully saturated rings. The zero-order valence-electron chi connectivity index (χ0n) is 9.65. The Hall–Kier alpha value is -1.95. The molecule has 2 aliphatic heterocycles. The van der Waals surface area contributed by atoms with Crippen LogP contribution < -0.4 is 5.32 Å². The van der Waals surface area contributed by atoms with Crippen molar-refractivity contribution in [3.63, 3.8) is 0 Å². The van der Waals surface area contributed by atoms with E-state index in [1.807, 2.05) is 0 Å². The van der Waals surface area contributed by atoms with E-state index >= 15 is 0 Å². The third kappa shape index (κ3) is 1.95. The van der Waals surface area contributed by atoms with Crippen molar-refractivity contribution < 1.29 is 13.9 Å². The summed E-state index contributed by atoms with van der Waals surface area (Å²) in [6.07, 6.45) is 0. The first-order valence-electron chi connectivity index (χ1n) is 5.76. The summed E-state index contributed by atoms with van der Waals surface area (Å²) < 4.78 is 18.4. The van der Waals surface area contributed by atoms with E-state index in [4.69, 9.17) is 4.74 Å². The average molecular weight is 249 g/mol. The molecule has 3 rings (SSSR count). The van der Waals surface area contributed by atoms with Gasteiger partial charge in [-0.15, -0.1) is 0 Å². The van der Waals surface area contributed by atoms with Crippen LogP contribution in [0.15, 0.2) is 23.3 Å². The Bertz CT molecular complexity index is 524. The molecule has 2 aliphatic rings. The number of nitrogens with zero attached hydrogens (tertiary/aromatic N) is 2. The van der Waals surface area contributed by atoms with Crippen LogP contribution in [-0.4, -0.2) is 42.9 Å². The summed E-state index contributed by atoms with van der Waals surface area (Å²) in [7, 11) is 0. The van der Waals surface area contributed by atoms with Gasteiger partial charge in [-0.1, -0.05) is 0 Å². The SMILES string of the molecule is O=C1Nc2ccc(F)cc2/C1=N\N1CCOCC1. The Morgan fingerprint density at radius 1 is 1.33 bits per heavy atom. The zero-order valence-corrected chi connectivity index (χ0v) is 9.65. The van der Waals surface area contributed by atoms with E-state index < -0.39 is 0 Å². The van der Waals surface area contributed by atoms with Crippen LogP contribution in [0.5, 0.6) is 0 Å². The molecule has 6 heteroatoms. The summed E-state index contributed by atoms with van der Waals surface area (Å²) in [5.74, 6) is -0.665. The first-order chi connectivity index (χ1) is 8.74. The maximum Gasteiger partial charge on any atom is 0.276 e. The molecular weight excluding hydrogens is 237 g/mol. The summed E-state index contributed by atoms with van der Waals surface area (Å²) in [6, 6.07) is 4.19. The number of hydrogen-bond acceptors (Lipinski definition) is 4. The Morgan fingerprint density at radius 3 is 2.89 bits per heavy atom. The van der Waals surface area contributed by atoms with Gasteiger partial charge in [-0.2, -0.15) is 5.10 Å². The van der Waals surface area contributed by atoms with E-state index in [1.165, 1.54) is 12.1 Å². The second kappa shape index (κ2) is 4.38. The molecule has 1 aromatic carbocycles. The number of hydrogen-bond donors (Lipinski definition) is 1. The zero-order chi connectivity index (χ0) is 12.5. The lowest BCUT2D eigenvalue weighted by atomic mass is 10.1. The lowest BCUT2D eigenvalue weighted by molar-refractivity contribution is -0.110. The van der Waals surface area contributed by atoms with E-state index in [2.05, 4.69) is 10.4 Å². The van der Waals surface area contributed by atoms with E-state index in [0.29, 0.717) is 37.6 Å². The number of benzene rings is 1. The molecule has 1 saturated heterocycles. The largest absolute Gasteiger partial charge is 0.378 e. The third-order valence-corrected chi connectivity index (χ3v) is 2.93. The molecule has 94 valence electrons. The van der Waals surface area contributed by atoms with E-state index in [9.17, 15) is 9.18 Å². The summed E-state index contributed by atoms with van der Waals surface area (Å²) >= 11 is 0. The summed E-state index contributed by atoms with van der Waals surface area (Å²) in [5.41, 5.74) is 1.39. The summed E-state index contributed by atoms with van der Waals surface area (Å²) in [6.45, 7) is 2.46. The van der Waals surface area contributed by atoms with Gasteiger partial charge in [0.15, 0.2) is 5.71 Å². The normalized spacial score (nSPS) is 21.1. The number of rotatable bonds is 1.